The zero-order valence-corrected chi connectivity index (χ0v) is 14.1. The molecule has 0 saturated carbocycles. The van der Waals surface area contributed by atoms with Gasteiger partial charge < -0.3 is 9.73 Å². The fourth-order valence-electron chi connectivity index (χ4n) is 2.90. The van der Waals surface area contributed by atoms with Gasteiger partial charge in [0.05, 0.1) is 0 Å². The molecule has 0 spiro atoms. The van der Waals surface area contributed by atoms with Gasteiger partial charge in [-0.3, -0.25) is 4.79 Å². The third-order valence-corrected chi connectivity index (χ3v) is 4.19. The number of aromatic nitrogens is 3. The van der Waals surface area contributed by atoms with E-state index in [1.165, 1.54) is 11.9 Å². The van der Waals surface area contributed by atoms with Crippen LogP contribution >= 0.6 is 0 Å². The van der Waals surface area contributed by atoms with Gasteiger partial charge in [0.15, 0.2) is 0 Å². The molecule has 0 aliphatic carbocycles. The number of carbonyl (C=O) groups is 1. The highest BCUT2D eigenvalue weighted by Crippen LogP contribution is 2.18. The first kappa shape index (κ1) is 16.1. The molecular weight excluding hydrogens is 328 g/mol. The van der Waals surface area contributed by atoms with E-state index in [0.29, 0.717) is 24.5 Å². The van der Waals surface area contributed by atoms with Crippen molar-refractivity contribution in [2.45, 2.75) is 12.8 Å². The van der Waals surface area contributed by atoms with Crippen molar-refractivity contribution < 1.29 is 9.21 Å². The minimum absolute atomic E-state index is 0.251. The van der Waals surface area contributed by atoms with E-state index in [2.05, 4.69) is 15.4 Å². The molecule has 4 aromatic rings. The highest BCUT2D eigenvalue weighted by molar-refractivity contribution is 5.93. The first-order valence-electron chi connectivity index (χ1n) is 8.49. The number of rotatable bonds is 6. The largest absolute Gasteiger partial charge is 0.416 e. The number of benzene rings is 2. The molecule has 130 valence electrons. The van der Waals surface area contributed by atoms with E-state index in [-0.39, 0.29) is 11.7 Å². The van der Waals surface area contributed by atoms with Crippen LogP contribution in [0.25, 0.3) is 5.84 Å². The molecule has 2 aromatic carbocycles. The molecule has 0 radical (unpaired) electrons. The van der Waals surface area contributed by atoms with Gasteiger partial charge in [-0.1, -0.05) is 60.7 Å². The summed E-state index contributed by atoms with van der Waals surface area (Å²) in [6.45, 7) is 0.532. The maximum absolute atomic E-state index is 12.6. The number of carbonyl (C=O) groups excluding carboxylic acids is 1. The summed E-state index contributed by atoms with van der Waals surface area (Å²) in [5.74, 6) is 0.334. The van der Waals surface area contributed by atoms with Crippen molar-refractivity contribution >= 4 is 11.8 Å². The first-order chi connectivity index (χ1) is 12.8. The van der Waals surface area contributed by atoms with Crippen molar-refractivity contribution in [3.8, 4) is 0 Å². The van der Waals surface area contributed by atoms with Crippen molar-refractivity contribution in [2.24, 2.45) is 0 Å². The van der Waals surface area contributed by atoms with Gasteiger partial charge in [-0.2, -0.15) is 14.6 Å². The Morgan fingerprint density at radius 3 is 2.42 bits per heavy atom. The average molecular weight is 346 g/mol. The zero-order chi connectivity index (χ0) is 17.8. The van der Waals surface area contributed by atoms with Crippen LogP contribution in [0.15, 0.2) is 71.4 Å². The third kappa shape index (κ3) is 3.35. The van der Waals surface area contributed by atoms with Crippen LogP contribution in [0.2, 0.25) is 0 Å². The van der Waals surface area contributed by atoms with Crippen LogP contribution in [0.1, 0.15) is 27.4 Å². The third-order valence-electron chi connectivity index (χ3n) is 4.19. The number of nitrogens with one attached hydrogen (secondary N) is 1. The van der Waals surface area contributed by atoms with Gasteiger partial charge >= 0.3 is 5.84 Å². The van der Waals surface area contributed by atoms with E-state index >= 15 is 0 Å². The van der Waals surface area contributed by atoms with Crippen molar-refractivity contribution in [1.82, 2.24) is 19.9 Å². The molecule has 2 aromatic heterocycles. The smallest absolute Gasteiger partial charge is 0.325 e. The second-order valence-corrected chi connectivity index (χ2v) is 5.99. The lowest BCUT2D eigenvalue weighted by Crippen LogP contribution is -2.26. The maximum atomic E-state index is 12.6. The lowest BCUT2D eigenvalue weighted by atomic mass is 10.1. The minimum atomic E-state index is -0.251. The molecule has 4 rings (SSSR count). The van der Waals surface area contributed by atoms with Crippen LogP contribution in [-0.2, 0) is 12.8 Å². The lowest BCUT2D eigenvalue weighted by molar-refractivity contribution is 0.0927. The van der Waals surface area contributed by atoms with Gasteiger partial charge in [-0.25, -0.2) is 0 Å². The average Bonchev–Trinajstić information content (AvgIpc) is 3.26. The molecule has 0 atom stereocenters. The summed E-state index contributed by atoms with van der Waals surface area (Å²) in [6.07, 6.45) is 2.72. The van der Waals surface area contributed by atoms with E-state index in [4.69, 9.17) is 4.42 Å². The standard InChI is InChI=1S/C20H18N4O2/c25-19(21-12-11-15-7-3-1-4-8-15)18-17(13-16-9-5-2-6-10-16)24-20(26-18)22-14-23-24/h1-10,14H,11-13H2,(H,21,25). The highest BCUT2D eigenvalue weighted by atomic mass is 16.4. The predicted octanol–water partition coefficient (Wildman–Crippen LogP) is 2.89. The summed E-state index contributed by atoms with van der Waals surface area (Å²) in [7, 11) is 0. The number of hydrogen-bond acceptors (Lipinski definition) is 4. The molecule has 0 saturated heterocycles. The Kier molecular flexibility index (Phi) is 4.47. The molecule has 0 bridgehead atoms. The van der Waals surface area contributed by atoms with Gasteiger partial charge in [0.1, 0.15) is 12.0 Å². The molecule has 0 unspecified atom stereocenters. The number of oxazole rings is 1. The summed E-state index contributed by atoms with van der Waals surface area (Å²) in [5.41, 5.74) is 2.94. The van der Waals surface area contributed by atoms with Crippen LogP contribution in [0.5, 0.6) is 0 Å². The highest BCUT2D eigenvalue weighted by Gasteiger charge is 2.22. The summed E-state index contributed by atoms with van der Waals surface area (Å²) >= 11 is 0. The van der Waals surface area contributed by atoms with E-state index in [1.807, 2.05) is 60.7 Å². The molecule has 26 heavy (non-hydrogen) atoms. The second-order valence-electron chi connectivity index (χ2n) is 5.99. The summed E-state index contributed by atoms with van der Waals surface area (Å²) in [5, 5.41) is 7.10. The van der Waals surface area contributed by atoms with Gasteiger partial charge in [0, 0.05) is 13.0 Å². The van der Waals surface area contributed by atoms with E-state index < -0.39 is 0 Å². The fraction of sp³-hybridized carbons (Fsp3) is 0.150. The van der Waals surface area contributed by atoms with E-state index in [0.717, 1.165) is 12.0 Å². The monoisotopic (exact) mass is 346 g/mol. The lowest BCUT2D eigenvalue weighted by Gasteiger charge is -2.05. The quantitative estimate of drug-likeness (QED) is 0.583. The molecule has 0 fully saturated rings. The maximum Gasteiger partial charge on any atom is 0.325 e. The van der Waals surface area contributed by atoms with Gasteiger partial charge in [-0.05, 0) is 17.5 Å². The SMILES string of the molecule is O=C(NCCc1ccccc1)c1oc2ncnn2c1Cc1ccccc1. The molecule has 1 N–H and O–H groups in total. The Morgan fingerprint density at radius 2 is 1.69 bits per heavy atom. The topological polar surface area (TPSA) is 72.4 Å². The summed E-state index contributed by atoms with van der Waals surface area (Å²) in [4.78, 5) is 16.7. The van der Waals surface area contributed by atoms with Crippen LogP contribution in [-0.4, -0.2) is 27.0 Å². The molecule has 0 aliphatic heterocycles. The Bertz CT molecular complexity index is 1010. The van der Waals surface area contributed by atoms with Crippen molar-refractivity contribution in [2.75, 3.05) is 6.54 Å². The minimum Gasteiger partial charge on any atom is -0.416 e. The summed E-state index contributed by atoms with van der Waals surface area (Å²) < 4.78 is 7.24. The van der Waals surface area contributed by atoms with Crippen molar-refractivity contribution in [3.63, 3.8) is 0 Å². The first-order valence-corrected chi connectivity index (χ1v) is 8.49. The number of hydrogen-bond donors (Lipinski definition) is 1. The molecule has 6 nitrogen and oxygen atoms in total. The van der Waals surface area contributed by atoms with Gasteiger partial charge in [0.2, 0.25) is 5.76 Å². The van der Waals surface area contributed by atoms with Crippen LogP contribution in [0.3, 0.4) is 0 Å². The number of nitrogens with zero attached hydrogens (tertiary/aromatic N) is 3. The van der Waals surface area contributed by atoms with Crippen molar-refractivity contribution in [1.29, 1.82) is 0 Å². The molecule has 0 aliphatic rings. The van der Waals surface area contributed by atoms with Crippen molar-refractivity contribution in [3.05, 3.63) is 89.6 Å². The van der Waals surface area contributed by atoms with E-state index in [9.17, 15) is 4.79 Å². The van der Waals surface area contributed by atoms with Gasteiger partial charge in [0.25, 0.3) is 5.91 Å². The Hall–Kier alpha value is -3.41. The number of amides is 1. The van der Waals surface area contributed by atoms with Crippen LogP contribution < -0.4 is 5.32 Å². The molecular formula is C20H18N4O2. The second kappa shape index (κ2) is 7.23. The molecule has 2 heterocycles. The fourth-order valence-corrected chi connectivity index (χ4v) is 2.90. The Balaban J connectivity index is 1.52. The van der Waals surface area contributed by atoms with E-state index in [1.54, 1.807) is 4.52 Å². The zero-order valence-electron chi connectivity index (χ0n) is 14.1. The summed E-state index contributed by atoms with van der Waals surface area (Å²) in [6, 6.07) is 19.9. The Morgan fingerprint density at radius 1 is 1.00 bits per heavy atom. The molecule has 6 heteroatoms. The van der Waals surface area contributed by atoms with Gasteiger partial charge in [-0.15, -0.1) is 0 Å². The molecule has 1 amide bonds. The van der Waals surface area contributed by atoms with Crippen LogP contribution in [0, 0.1) is 0 Å². The Labute approximate surface area is 150 Å². The predicted molar refractivity (Wildman–Crippen MR) is 97.0 cm³/mol. The van der Waals surface area contributed by atoms with Crippen LogP contribution in [0.4, 0.5) is 0 Å². The number of fused-ring (bicyclic) bond motifs is 1. The normalized spacial score (nSPS) is 10.9.